The maximum atomic E-state index is 12.6. The van der Waals surface area contributed by atoms with Gasteiger partial charge in [0.2, 0.25) is 5.91 Å². The molecule has 0 fully saturated rings. The summed E-state index contributed by atoms with van der Waals surface area (Å²) in [5, 5.41) is 10.8. The minimum Gasteiger partial charge on any atom is -0.349 e. The summed E-state index contributed by atoms with van der Waals surface area (Å²) in [5.74, 6) is 0.0337. The molecule has 3 rings (SSSR count). The van der Waals surface area contributed by atoms with Crippen LogP contribution in [0.3, 0.4) is 0 Å². The second-order valence-electron chi connectivity index (χ2n) is 7.29. The SMILES string of the molecule is CC(CC(=O)NCc1nnc2c(n1)c(=O)n(C)c(=O)n2Cc1cccnc1)N(C)C. The van der Waals surface area contributed by atoms with Gasteiger partial charge in [0.25, 0.3) is 5.56 Å². The normalized spacial score (nSPS) is 12.3. The first-order valence-electron chi connectivity index (χ1n) is 9.43. The van der Waals surface area contributed by atoms with Crippen LogP contribution < -0.4 is 16.6 Å². The number of hydrogen-bond donors (Lipinski definition) is 1. The predicted octanol–water partition coefficient (Wildman–Crippen LogP) is -0.715. The van der Waals surface area contributed by atoms with Gasteiger partial charge in [0.1, 0.15) is 0 Å². The van der Waals surface area contributed by atoms with Crippen LogP contribution in [0.5, 0.6) is 0 Å². The first kappa shape index (κ1) is 21.2. The van der Waals surface area contributed by atoms with Gasteiger partial charge in [0.15, 0.2) is 17.0 Å². The zero-order valence-electron chi connectivity index (χ0n) is 17.4. The van der Waals surface area contributed by atoms with Gasteiger partial charge in [0, 0.05) is 31.9 Å². The highest BCUT2D eigenvalue weighted by molar-refractivity contribution is 5.76. The molecule has 11 heteroatoms. The molecule has 0 bridgehead atoms. The monoisotopic (exact) mass is 412 g/mol. The maximum absolute atomic E-state index is 12.6. The Morgan fingerprint density at radius 3 is 2.70 bits per heavy atom. The first-order chi connectivity index (χ1) is 14.3. The van der Waals surface area contributed by atoms with Crippen molar-refractivity contribution >= 4 is 17.1 Å². The fourth-order valence-corrected chi connectivity index (χ4v) is 2.79. The van der Waals surface area contributed by atoms with E-state index in [1.165, 1.54) is 11.6 Å². The average molecular weight is 412 g/mol. The number of carbonyl (C=O) groups excluding carboxylic acids is 1. The smallest absolute Gasteiger partial charge is 0.332 e. The van der Waals surface area contributed by atoms with Crippen molar-refractivity contribution in [3.05, 3.63) is 56.8 Å². The highest BCUT2D eigenvalue weighted by atomic mass is 16.2. The van der Waals surface area contributed by atoms with E-state index < -0.39 is 11.2 Å². The van der Waals surface area contributed by atoms with E-state index in [1.807, 2.05) is 32.0 Å². The summed E-state index contributed by atoms with van der Waals surface area (Å²) in [6.07, 6.45) is 3.58. The number of nitrogens with one attached hydrogen (secondary N) is 1. The Bertz CT molecular complexity index is 1170. The van der Waals surface area contributed by atoms with Crippen LogP contribution >= 0.6 is 0 Å². The molecule has 3 heterocycles. The lowest BCUT2D eigenvalue weighted by atomic mass is 10.2. The number of pyridine rings is 1. The van der Waals surface area contributed by atoms with E-state index in [4.69, 9.17) is 0 Å². The summed E-state index contributed by atoms with van der Waals surface area (Å²) in [6.45, 7) is 2.15. The Balaban J connectivity index is 1.90. The van der Waals surface area contributed by atoms with Crippen molar-refractivity contribution in [3.8, 4) is 0 Å². The number of hydrogen-bond acceptors (Lipinski definition) is 8. The molecule has 0 aliphatic rings. The predicted molar refractivity (Wildman–Crippen MR) is 110 cm³/mol. The van der Waals surface area contributed by atoms with E-state index in [1.54, 1.807) is 18.5 Å². The summed E-state index contributed by atoms with van der Waals surface area (Å²) >= 11 is 0. The van der Waals surface area contributed by atoms with Gasteiger partial charge in [-0.25, -0.2) is 9.78 Å². The molecule has 1 amide bonds. The third kappa shape index (κ3) is 4.57. The zero-order chi connectivity index (χ0) is 21.8. The Kier molecular flexibility index (Phi) is 6.31. The molecule has 1 N–H and O–H groups in total. The van der Waals surface area contributed by atoms with Crippen LogP contribution in [0.4, 0.5) is 0 Å². The molecule has 30 heavy (non-hydrogen) atoms. The Morgan fingerprint density at radius 2 is 2.03 bits per heavy atom. The van der Waals surface area contributed by atoms with Gasteiger partial charge in [0.05, 0.1) is 13.1 Å². The lowest BCUT2D eigenvalue weighted by Gasteiger charge is -2.18. The summed E-state index contributed by atoms with van der Waals surface area (Å²) in [6, 6.07) is 3.65. The van der Waals surface area contributed by atoms with Gasteiger partial charge in [-0.15, -0.1) is 10.2 Å². The topological polar surface area (TPSA) is 128 Å². The number of carbonyl (C=O) groups is 1. The minimum absolute atomic E-state index is 0.0156. The van der Waals surface area contributed by atoms with Crippen LogP contribution in [0.2, 0.25) is 0 Å². The molecule has 0 saturated carbocycles. The molecule has 3 aromatic heterocycles. The molecule has 0 saturated heterocycles. The average Bonchev–Trinajstić information content (AvgIpc) is 2.74. The van der Waals surface area contributed by atoms with Crippen LogP contribution in [0.25, 0.3) is 11.2 Å². The fourth-order valence-electron chi connectivity index (χ4n) is 2.79. The van der Waals surface area contributed by atoms with Gasteiger partial charge in [-0.1, -0.05) is 6.07 Å². The Labute approximate surface area is 172 Å². The van der Waals surface area contributed by atoms with E-state index >= 15 is 0 Å². The van der Waals surface area contributed by atoms with E-state index in [0.717, 1.165) is 10.1 Å². The quantitative estimate of drug-likeness (QED) is 0.539. The molecule has 1 atom stereocenters. The van der Waals surface area contributed by atoms with Crippen LogP contribution in [-0.4, -0.2) is 60.2 Å². The second kappa shape index (κ2) is 8.91. The number of fused-ring (bicyclic) bond motifs is 1. The molecule has 3 aromatic rings. The summed E-state index contributed by atoms with van der Waals surface area (Å²) in [5.41, 5.74) is -0.217. The van der Waals surface area contributed by atoms with Crippen molar-refractivity contribution in [1.82, 2.24) is 39.5 Å². The lowest BCUT2D eigenvalue weighted by molar-refractivity contribution is -0.122. The fraction of sp³-hybridized carbons (Fsp3) is 0.421. The standard InChI is InChI=1S/C19H24N8O3/c1-12(25(2)3)8-15(28)21-10-14-22-16-17(24-23-14)27(19(30)26(4)18(16)29)11-13-6-5-7-20-9-13/h5-7,9,12H,8,10-11H2,1-4H3,(H,21,28). The minimum atomic E-state index is -0.568. The third-order valence-electron chi connectivity index (χ3n) is 4.86. The molecule has 1 unspecified atom stereocenters. The highest BCUT2D eigenvalue weighted by Gasteiger charge is 2.16. The molecule has 0 aliphatic carbocycles. The van der Waals surface area contributed by atoms with Gasteiger partial charge in [-0.3, -0.25) is 23.7 Å². The number of rotatable bonds is 7. The summed E-state index contributed by atoms with van der Waals surface area (Å²) < 4.78 is 2.31. The molecule has 158 valence electrons. The van der Waals surface area contributed by atoms with Crippen molar-refractivity contribution in [2.45, 2.75) is 32.5 Å². The van der Waals surface area contributed by atoms with Crippen molar-refractivity contribution in [2.24, 2.45) is 7.05 Å². The molecule has 0 aliphatic heterocycles. The number of amides is 1. The third-order valence-corrected chi connectivity index (χ3v) is 4.86. The maximum Gasteiger partial charge on any atom is 0.332 e. The summed E-state index contributed by atoms with van der Waals surface area (Å²) in [4.78, 5) is 47.5. The van der Waals surface area contributed by atoms with Crippen LogP contribution in [0.1, 0.15) is 24.7 Å². The van der Waals surface area contributed by atoms with Crippen molar-refractivity contribution in [2.75, 3.05) is 14.1 Å². The van der Waals surface area contributed by atoms with E-state index in [9.17, 15) is 14.4 Å². The number of aromatic nitrogens is 6. The Hall–Kier alpha value is -3.47. The molecular weight excluding hydrogens is 388 g/mol. The molecule has 11 nitrogen and oxygen atoms in total. The van der Waals surface area contributed by atoms with Crippen molar-refractivity contribution < 1.29 is 4.79 Å². The van der Waals surface area contributed by atoms with E-state index in [-0.39, 0.29) is 42.0 Å². The van der Waals surface area contributed by atoms with Gasteiger partial charge in [-0.2, -0.15) is 0 Å². The molecule has 0 aromatic carbocycles. The number of nitrogens with zero attached hydrogens (tertiary/aromatic N) is 7. The van der Waals surface area contributed by atoms with Crippen LogP contribution in [0.15, 0.2) is 34.1 Å². The highest BCUT2D eigenvalue weighted by Crippen LogP contribution is 2.06. The van der Waals surface area contributed by atoms with E-state index in [0.29, 0.717) is 6.42 Å². The summed E-state index contributed by atoms with van der Waals surface area (Å²) in [7, 11) is 5.18. The van der Waals surface area contributed by atoms with Gasteiger partial charge >= 0.3 is 5.69 Å². The zero-order valence-corrected chi connectivity index (χ0v) is 17.4. The second-order valence-corrected chi connectivity index (χ2v) is 7.29. The molecular formula is C19H24N8O3. The van der Waals surface area contributed by atoms with Crippen LogP contribution in [-0.2, 0) is 24.9 Å². The lowest BCUT2D eigenvalue weighted by Crippen LogP contribution is -2.39. The Morgan fingerprint density at radius 1 is 1.27 bits per heavy atom. The van der Waals surface area contributed by atoms with E-state index in [2.05, 4.69) is 25.5 Å². The largest absolute Gasteiger partial charge is 0.349 e. The molecule has 0 radical (unpaired) electrons. The van der Waals surface area contributed by atoms with Crippen LogP contribution in [0, 0.1) is 0 Å². The van der Waals surface area contributed by atoms with Crippen molar-refractivity contribution in [1.29, 1.82) is 0 Å². The first-order valence-corrected chi connectivity index (χ1v) is 9.43. The van der Waals surface area contributed by atoms with Crippen molar-refractivity contribution in [3.63, 3.8) is 0 Å². The van der Waals surface area contributed by atoms with Gasteiger partial charge in [-0.05, 0) is 32.6 Å². The van der Waals surface area contributed by atoms with Gasteiger partial charge < -0.3 is 10.2 Å². The molecule has 0 spiro atoms.